The average molecular weight is 350 g/mol. The van der Waals surface area contributed by atoms with Gasteiger partial charge in [-0.05, 0) is 31.2 Å². The second-order valence-electron chi connectivity index (χ2n) is 4.45. The van der Waals surface area contributed by atoms with E-state index in [9.17, 15) is 9.18 Å². The summed E-state index contributed by atoms with van der Waals surface area (Å²) in [5, 5.41) is 18.8. The van der Waals surface area contributed by atoms with Crippen LogP contribution in [0.1, 0.15) is 20.6 Å². The van der Waals surface area contributed by atoms with Crippen molar-refractivity contribution in [3.05, 3.63) is 45.9 Å². The fraction of sp³-hybridized carbons (Fsp3) is 0.154. The summed E-state index contributed by atoms with van der Waals surface area (Å²) in [6.45, 7) is 1.82. The smallest absolute Gasteiger partial charge is 0.286 e. The lowest BCUT2D eigenvalue weighted by atomic mass is 10.3. The molecule has 0 spiro atoms. The van der Waals surface area contributed by atoms with Gasteiger partial charge in [-0.25, -0.2) is 9.37 Å². The lowest BCUT2D eigenvalue weighted by molar-refractivity contribution is 0.102. The molecule has 2 N–H and O–H groups in total. The number of carbonyl (C=O) groups excluding carboxylic acids is 1. The molecule has 0 aliphatic carbocycles. The monoisotopic (exact) mass is 350 g/mol. The van der Waals surface area contributed by atoms with Crippen molar-refractivity contribution in [3.8, 4) is 0 Å². The number of hydrogen-bond donors (Lipinski definition) is 2. The molecule has 7 nitrogen and oxygen atoms in total. The van der Waals surface area contributed by atoms with Crippen molar-refractivity contribution in [2.45, 2.75) is 17.8 Å². The molecule has 0 saturated heterocycles. The largest absolute Gasteiger partial charge is 0.320 e. The molecular formula is C13H11FN6OS2. The first-order valence-corrected chi connectivity index (χ1v) is 8.31. The van der Waals surface area contributed by atoms with Gasteiger partial charge >= 0.3 is 0 Å². The van der Waals surface area contributed by atoms with Crippen molar-refractivity contribution >= 4 is 34.7 Å². The molecule has 0 aliphatic heterocycles. The second-order valence-corrected chi connectivity index (χ2v) is 6.46. The minimum absolute atomic E-state index is 0.246. The van der Waals surface area contributed by atoms with Crippen LogP contribution < -0.4 is 5.32 Å². The Bertz CT molecular complexity index is 816. The zero-order chi connectivity index (χ0) is 16.2. The summed E-state index contributed by atoms with van der Waals surface area (Å²) in [4.78, 5) is 16.2. The summed E-state index contributed by atoms with van der Waals surface area (Å²) in [6.07, 6.45) is 0. The van der Waals surface area contributed by atoms with Crippen LogP contribution in [0.5, 0.6) is 0 Å². The van der Waals surface area contributed by atoms with E-state index in [0.717, 1.165) is 5.82 Å². The Hall–Kier alpha value is -2.33. The van der Waals surface area contributed by atoms with Gasteiger partial charge in [0, 0.05) is 5.69 Å². The molecular weight excluding hydrogens is 339 g/mol. The van der Waals surface area contributed by atoms with Gasteiger partial charge in [-0.2, -0.15) is 0 Å². The highest BCUT2D eigenvalue weighted by molar-refractivity contribution is 7.98. The molecule has 1 amide bonds. The molecule has 0 bridgehead atoms. The molecule has 23 heavy (non-hydrogen) atoms. The minimum Gasteiger partial charge on any atom is -0.320 e. The van der Waals surface area contributed by atoms with E-state index in [4.69, 9.17) is 0 Å². The molecule has 0 radical (unpaired) electrons. The second kappa shape index (κ2) is 6.84. The molecule has 0 aliphatic rings. The third-order valence-corrected chi connectivity index (χ3v) is 4.63. The lowest BCUT2D eigenvalue weighted by Crippen LogP contribution is -2.11. The van der Waals surface area contributed by atoms with Crippen LogP contribution in [0.15, 0.2) is 29.4 Å². The van der Waals surface area contributed by atoms with Gasteiger partial charge < -0.3 is 5.32 Å². The van der Waals surface area contributed by atoms with E-state index in [1.807, 2.05) is 6.92 Å². The van der Waals surface area contributed by atoms with Crippen molar-refractivity contribution in [1.82, 2.24) is 25.4 Å². The molecule has 10 heteroatoms. The number of aryl methyl sites for hydroxylation is 1. The first-order valence-electron chi connectivity index (χ1n) is 6.51. The van der Waals surface area contributed by atoms with E-state index in [-0.39, 0.29) is 16.7 Å². The molecule has 1 aromatic carbocycles. The quantitative estimate of drug-likeness (QED) is 0.687. The summed E-state index contributed by atoms with van der Waals surface area (Å²) >= 11 is 2.60. The van der Waals surface area contributed by atoms with Crippen LogP contribution >= 0.6 is 23.1 Å². The maximum atomic E-state index is 12.8. The van der Waals surface area contributed by atoms with Crippen molar-refractivity contribution in [2.75, 3.05) is 5.32 Å². The maximum Gasteiger partial charge on any atom is 0.286 e. The zero-order valence-corrected chi connectivity index (χ0v) is 13.5. The molecule has 118 valence electrons. The number of halogens is 1. The number of hydrogen-bond acceptors (Lipinski definition) is 7. The van der Waals surface area contributed by atoms with Crippen molar-refractivity contribution < 1.29 is 9.18 Å². The van der Waals surface area contributed by atoms with Crippen LogP contribution in [0.3, 0.4) is 0 Å². The van der Waals surface area contributed by atoms with Crippen LogP contribution in [-0.2, 0) is 5.75 Å². The molecule has 0 atom stereocenters. The number of H-pyrrole nitrogens is 1. The third-order valence-electron chi connectivity index (χ3n) is 2.66. The number of benzene rings is 1. The maximum absolute atomic E-state index is 12.8. The van der Waals surface area contributed by atoms with Gasteiger partial charge in [-0.15, -0.1) is 15.3 Å². The Labute approximate surface area is 138 Å². The summed E-state index contributed by atoms with van der Waals surface area (Å²) in [5.41, 5.74) is 0.499. The number of aromatic nitrogens is 5. The molecule has 0 fully saturated rings. The highest BCUT2D eigenvalue weighted by Gasteiger charge is 2.14. The van der Waals surface area contributed by atoms with Gasteiger partial charge in [-0.1, -0.05) is 23.1 Å². The first-order chi connectivity index (χ1) is 11.1. The minimum atomic E-state index is -0.376. The van der Waals surface area contributed by atoms with Crippen LogP contribution in [0, 0.1) is 12.7 Å². The normalized spacial score (nSPS) is 10.7. The van der Waals surface area contributed by atoms with E-state index < -0.39 is 0 Å². The number of amides is 1. The van der Waals surface area contributed by atoms with E-state index in [2.05, 4.69) is 30.7 Å². The van der Waals surface area contributed by atoms with Crippen LogP contribution in [0.4, 0.5) is 10.1 Å². The van der Waals surface area contributed by atoms with Gasteiger partial charge in [0.05, 0.1) is 5.75 Å². The van der Waals surface area contributed by atoms with Crippen molar-refractivity contribution in [2.24, 2.45) is 0 Å². The number of anilines is 1. The zero-order valence-electron chi connectivity index (χ0n) is 11.9. The van der Waals surface area contributed by atoms with Gasteiger partial charge in [0.25, 0.3) is 5.91 Å². The third kappa shape index (κ3) is 4.11. The first kappa shape index (κ1) is 15.6. The fourth-order valence-corrected chi connectivity index (χ4v) is 3.20. The predicted molar refractivity (Wildman–Crippen MR) is 84.9 cm³/mol. The Morgan fingerprint density at radius 1 is 1.35 bits per heavy atom. The van der Waals surface area contributed by atoms with E-state index in [1.54, 1.807) is 0 Å². The van der Waals surface area contributed by atoms with E-state index >= 15 is 0 Å². The summed E-state index contributed by atoms with van der Waals surface area (Å²) in [5.74, 6) is 0.530. The Balaban J connectivity index is 1.59. The predicted octanol–water partition coefficient (Wildman–Crippen LogP) is 2.65. The number of aromatic amines is 1. The van der Waals surface area contributed by atoms with E-state index in [0.29, 0.717) is 21.6 Å². The van der Waals surface area contributed by atoms with Gasteiger partial charge in [0.15, 0.2) is 0 Å². The van der Waals surface area contributed by atoms with E-state index in [1.165, 1.54) is 47.4 Å². The number of nitrogens with zero attached hydrogens (tertiary/aromatic N) is 4. The molecule has 0 unspecified atom stereocenters. The summed E-state index contributed by atoms with van der Waals surface area (Å²) in [6, 6.07) is 5.51. The Kier molecular flexibility index (Phi) is 4.63. The number of thioether (sulfide) groups is 1. The summed E-state index contributed by atoms with van der Waals surface area (Å²) < 4.78 is 12.8. The average Bonchev–Trinajstić information content (AvgIpc) is 3.16. The standard InChI is InChI=1S/C13H11FN6OS2/c1-7-15-13(20-17-7)22-6-10-18-19-12(23-10)11(21)16-9-4-2-8(14)3-5-9/h2-5H,6H2,1H3,(H,16,21)(H,15,17,20). The molecule has 2 heterocycles. The fourth-order valence-electron chi connectivity index (χ4n) is 1.63. The molecule has 3 rings (SSSR count). The van der Waals surface area contributed by atoms with Crippen LogP contribution in [0.25, 0.3) is 0 Å². The van der Waals surface area contributed by atoms with Crippen LogP contribution in [0.2, 0.25) is 0 Å². The Morgan fingerprint density at radius 3 is 2.83 bits per heavy atom. The molecule has 3 aromatic rings. The van der Waals surface area contributed by atoms with Gasteiger partial charge in [0.1, 0.15) is 16.6 Å². The number of nitrogens with one attached hydrogen (secondary N) is 2. The van der Waals surface area contributed by atoms with Gasteiger partial charge in [0.2, 0.25) is 10.2 Å². The lowest BCUT2D eigenvalue weighted by Gasteiger charge is -2.01. The van der Waals surface area contributed by atoms with Crippen molar-refractivity contribution in [3.63, 3.8) is 0 Å². The Morgan fingerprint density at radius 2 is 2.13 bits per heavy atom. The summed E-state index contributed by atoms with van der Waals surface area (Å²) in [7, 11) is 0. The number of rotatable bonds is 5. The van der Waals surface area contributed by atoms with Crippen LogP contribution in [-0.4, -0.2) is 31.3 Å². The molecule has 0 saturated carbocycles. The highest BCUT2D eigenvalue weighted by Crippen LogP contribution is 2.22. The molecule has 2 aromatic heterocycles. The van der Waals surface area contributed by atoms with Gasteiger partial charge in [-0.3, -0.25) is 9.89 Å². The highest BCUT2D eigenvalue weighted by atomic mass is 32.2. The SMILES string of the molecule is Cc1nc(SCc2nnc(C(=O)Nc3ccc(F)cc3)s2)n[nH]1. The number of carbonyl (C=O) groups is 1. The van der Waals surface area contributed by atoms with Crippen molar-refractivity contribution in [1.29, 1.82) is 0 Å². The topological polar surface area (TPSA) is 96.4 Å².